The van der Waals surface area contributed by atoms with E-state index >= 15 is 0 Å². The zero-order valence-corrected chi connectivity index (χ0v) is 11.2. The first-order valence-corrected chi connectivity index (χ1v) is 6.39. The molecule has 1 atom stereocenters. The Labute approximate surface area is 117 Å². The van der Waals surface area contributed by atoms with Crippen molar-refractivity contribution in [2.45, 2.75) is 18.9 Å². The molecule has 4 heteroatoms. The van der Waals surface area contributed by atoms with Gasteiger partial charge in [-0.3, -0.25) is 0 Å². The number of rotatable bonds is 5. The molecule has 3 nitrogen and oxygen atoms in total. The van der Waals surface area contributed by atoms with Crippen molar-refractivity contribution in [1.82, 2.24) is 0 Å². The Bertz CT molecular complexity index is 564. The van der Waals surface area contributed by atoms with Crippen molar-refractivity contribution < 1.29 is 19.3 Å². The van der Waals surface area contributed by atoms with Crippen LogP contribution in [0.4, 0.5) is 4.39 Å². The molecule has 0 bridgehead atoms. The molecule has 0 aliphatic carbocycles. The van der Waals surface area contributed by atoms with Gasteiger partial charge in [-0.25, -0.2) is 4.39 Å². The molecule has 0 spiro atoms. The highest BCUT2D eigenvalue weighted by Gasteiger charge is 2.22. The van der Waals surface area contributed by atoms with Crippen molar-refractivity contribution in [2.75, 3.05) is 6.61 Å². The van der Waals surface area contributed by atoms with Crippen molar-refractivity contribution in [2.24, 2.45) is 0 Å². The SMILES string of the molecule is CC(O)(CCO)c1ccc(Oc2ccccc2F)cc1. The van der Waals surface area contributed by atoms with Gasteiger partial charge in [-0.1, -0.05) is 24.3 Å². The maximum atomic E-state index is 13.5. The van der Waals surface area contributed by atoms with Crippen LogP contribution in [-0.4, -0.2) is 16.8 Å². The Kier molecular flexibility index (Phi) is 4.37. The average molecular weight is 276 g/mol. The third-order valence-electron chi connectivity index (χ3n) is 3.14. The third-order valence-corrected chi connectivity index (χ3v) is 3.14. The summed E-state index contributed by atoms with van der Waals surface area (Å²) in [6, 6.07) is 12.9. The van der Waals surface area contributed by atoms with Crippen LogP contribution in [0.5, 0.6) is 11.5 Å². The van der Waals surface area contributed by atoms with Crippen LogP contribution in [0.1, 0.15) is 18.9 Å². The lowest BCUT2D eigenvalue weighted by molar-refractivity contribution is 0.0299. The van der Waals surface area contributed by atoms with Gasteiger partial charge in [-0.05, 0) is 36.8 Å². The van der Waals surface area contributed by atoms with Crippen LogP contribution < -0.4 is 4.74 Å². The predicted octanol–water partition coefficient (Wildman–Crippen LogP) is 3.21. The summed E-state index contributed by atoms with van der Waals surface area (Å²) >= 11 is 0. The van der Waals surface area contributed by atoms with Crippen LogP contribution in [0, 0.1) is 5.82 Å². The fourth-order valence-electron chi connectivity index (χ4n) is 1.90. The number of hydrogen-bond donors (Lipinski definition) is 2. The third kappa shape index (κ3) is 3.35. The Morgan fingerprint density at radius 1 is 1.10 bits per heavy atom. The molecule has 20 heavy (non-hydrogen) atoms. The zero-order valence-electron chi connectivity index (χ0n) is 11.2. The summed E-state index contributed by atoms with van der Waals surface area (Å²) in [5.41, 5.74) is -0.418. The first kappa shape index (κ1) is 14.5. The first-order valence-electron chi connectivity index (χ1n) is 6.39. The second-order valence-electron chi connectivity index (χ2n) is 4.80. The number of para-hydroxylation sites is 1. The van der Waals surface area contributed by atoms with Gasteiger partial charge in [0.1, 0.15) is 5.75 Å². The second-order valence-corrected chi connectivity index (χ2v) is 4.80. The molecule has 0 amide bonds. The Morgan fingerprint density at radius 3 is 2.35 bits per heavy atom. The van der Waals surface area contributed by atoms with Crippen molar-refractivity contribution in [3.05, 3.63) is 59.9 Å². The summed E-state index contributed by atoms with van der Waals surface area (Å²) in [7, 11) is 0. The monoisotopic (exact) mass is 276 g/mol. The minimum atomic E-state index is -1.09. The average Bonchev–Trinajstić information content (AvgIpc) is 2.42. The van der Waals surface area contributed by atoms with Gasteiger partial charge in [-0.2, -0.15) is 0 Å². The Balaban J connectivity index is 2.15. The molecule has 106 valence electrons. The largest absolute Gasteiger partial charge is 0.454 e. The summed E-state index contributed by atoms with van der Waals surface area (Å²) in [6.45, 7) is 1.54. The molecule has 2 aromatic rings. The smallest absolute Gasteiger partial charge is 0.165 e. The summed E-state index contributed by atoms with van der Waals surface area (Å²) in [5, 5.41) is 19.1. The van der Waals surface area contributed by atoms with E-state index < -0.39 is 11.4 Å². The van der Waals surface area contributed by atoms with Gasteiger partial charge in [-0.15, -0.1) is 0 Å². The number of aliphatic hydroxyl groups excluding tert-OH is 1. The lowest BCUT2D eigenvalue weighted by Crippen LogP contribution is -2.22. The lowest BCUT2D eigenvalue weighted by atomic mass is 9.93. The zero-order chi connectivity index (χ0) is 14.6. The number of benzene rings is 2. The highest BCUT2D eigenvalue weighted by Crippen LogP contribution is 2.28. The highest BCUT2D eigenvalue weighted by atomic mass is 19.1. The van der Waals surface area contributed by atoms with Crippen LogP contribution in [0.15, 0.2) is 48.5 Å². The molecule has 0 saturated carbocycles. The van der Waals surface area contributed by atoms with E-state index in [-0.39, 0.29) is 18.8 Å². The quantitative estimate of drug-likeness (QED) is 0.881. The minimum absolute atomic E-state index is 0.0967. The standard InChI is InChI=1S/C16H17FO3/c1-16(19,10-11-18)12-6-8-13(9-7-12)20-15-5-3-2-4-14(15)17/h2-9,18-19H,10-11H2,1H3. The molecule has 0 aliphatic rings. The summed E-state index contributed by atoms with van der Waals surface area (Å²) in [6.07, 6.45) is 0.251. The van der Waals surface area contributed by atoms with Crippen molar-refractivity contribution >= 4 is 0 Å². The molecule has 1 unspecified atom stereocenters. The van der Waals surface area contributed by atoms with Crippen molar-refractivity contribution in [1.29, 1.82) is 0 Å². The first-order chi connectivity index (χ1) is 9.53. The Hall–Kier alpha value is -1.91. The van der Waals surface area contributed by atoms with Crippen LogP contribution in [-0.2, 0) is 5.60 Å². The van der Waals surface area contributed by atoms with Gasteiger partial charge in [0, 0.05) is 13.0 Å². The fourth-order valence-corrected chi connectivity index (χ4v) is 1.90. The molecule has 2 aromatic carbocycles. The molecule has 2 rings (SSSR count). The van der Waals surface area contributed by atoms with E-state index in [0.717, 1.165) is 0 Å². The van der Waals surface area contributed by atoms with E-state index in [2.05, 4.69) is 0 Å². The van der Waals surface area contributed by atoms with Gasteiger partial charge in [0.15, 0.2) is 11.6 Å². The lowest BCUT2D eigenvalue weighted by Gasteiger charge is -2.22. The summed E-state index contributed by atoms with van der Waals surface area (Å²) in [5.74, 6) is 0.213. The van der Waals surface area contributed by atoms with Gasteiger partial charge in [0.25, 0.3) is 0 Å². The second kappa shape index (κ2) is 6.03. The molecule has 0 radical (unpaired) electrons. The van der Waals surface area contributed by atoms with Crippen LogP contribution in [0.25, 0.3) is 0 Å². The van der Waals surface area contributed by atoms with E-state index in [9.17, 15) is 9.50 Å². The normalized spacial score (nSPS) is 13.8. The van der Waals surface area contributed by atoms with Crippen molar-refractivity contribution in [3.63, 3.8) is 0 Å². The van der Waals surface area contributed by atoms with Gasteiger partial charge < -0.3 is 14.9 Å². The Morgan fingerprint density at radius 2 is 1.75 bits per heavy atom. The molecular formula is C16H17FO3. The minimum Gasteiger partial charge on any atom is -0.454 e. The van der Waals surface area contributed by atoms with Crippen molar-refractivity contribution in [3.8, 4) is 11.5 Å². The van der Waals surface area contributed by atoms with Gasteiger partial charge in [0.2, 0.25) is 0 Å². The predicted molar refractivity (Wildman–Crippen MR) is 74.2 cm³/mol. The van der Waals surface area contributed by atoms with Gasteiger partial charge >= 0.3 is 0 Å². The molecule has 2 N–H and O–H groups in total. The summed E-state index contributed by atoms with van der Waals surface area (Å²) < 4.78 is 18.9. The fraction of sp³-hybridized carbons (Fsp3) is 0.250. The number of ether oxygens (including phenoxy) is 1. The van der Waals surface area contributed by atoms with E-state index in [1.165, 1.54) is 6.07 Å². The molecule has 0 saturated heterocycles. The number of halogens is 1. The molecule has 0 heterocycles. The molecular weight excluding hydrogens is 259 g/mol. The molecule has 0 fully saturated rings. The molecule has 0 aromatic heterocycles. The maximum Gasteiger partial charge on any atom is 0.165 e. The number of hydrogen-bond acceptors (Lipinski definition) is 3. The van der Waals surface area contributed by atoms with Crippen LogP contribution in [0.2, 0.25) is 0 Å². The van der Waals surface area contributed by atoms with Crippen LogP contribution >= 0.6 is 0 Å². The van der Waals surface area contributed by atoms with E-state index in [1.807, 2.05) is 0 Å². The number of aliphatic hydroxyl groups is 2. The summed E-state index contributed by atoms with van der Waals surface area (Å²) in [4.78, 5) is 0. The molecule has 0 aliphatic heterocycles. The topological polar surface area (TPSA) is 49.7 Å². The highest BCUT2D eigenvalue weighted by molar-refractivity contribution is 5.35. The van der Waals surface area contributed by atoms with E-state index in [4.69, 9.17) is 9.84 Å². The van der Waals surface area contributed by atoms with Crippen LogP contribution in [0.3, 0.4) is 0 Å². The van der Waals surface area contributed by atoms with Gasteiger partial charge in [0.05, 0.1) is 5.60 Å². The maximum absolute atomic E-state index is 13.5. The van der Waals surface area contributed by atoms with E-state index in [1.54, 1.807) is 49.4 Å². The van der Waals surface area contributed by atoms with E-state index in [0.29, 0.717) is 11.3 Å².